The second-order valence-corrected chi connectivity index (χ2v) is 5.77. The van der Waals surface area contributed by atoms with Crippen molar-refractivity contribution in [1.29, 1.82) is 0 Å². The normalized spacial score (nSPS) is 10.7. The Kier molecular flexibility index (Phi) is 6.11. The molecule has 0 amide bonds. The maximum Gasteiger partial charge on any atom is 0.180 e. The highest BCUT2D eigenvalue weighted by molar-refractivity contribution is 6.32. The smallest absolute Gasteiger partial charge is 0.180 e. The summed E-state index contributed by atoms with van der Waals surface area (Å²) in [6.45, 7) is 6.87. The maximum absolute atomic E-state index is 12.9. The molecule has 0 saturated heterocycles. The van der Waals surface area contributed by atoms with Crippen LogP contribution < -0.4 is 14.8 Å². The fraction of sp³-hybridized carbons (Fsp3) is 0.333. The summed E-state index contributed by atoms with van der Waals surface area (Å²) in [6, 6.07) is 9.97. The average molecular weight is 338 g/mol. The van der Waals surface area contributed by atoms with Gasteiger partial charge < -0.3 is 14.8 Å². The first-order valence-electron chi connectivity index (χ1n) is 7.61. The molecule has 23 heavy (non-hydrogen) atoms. The van der Waals surface area contributed by atoms with Crippen molar-refractivity contribution in [3.8, 4) is 11.5 Å². The van der Waals surface area contributed by atoms with Gasteiger partial charge in [-0.25, -0.2) is 4.39 Å². The van der Waals surface area contributed by atoms with E-state index in [0.717, 1.165) is 11.3 Å². The van der Waals surface area contributed by atoms with Crippen LogP contribution in [0.1, 0.15) is 26.3 Å². The van der Waals surface area contributed by atoms with Crippen LogP contribution in [0.4, 0.5) is 10.1 Å². The fourth-order valence-corrected chi connectivity index (χ4v) is 2.39. The first kappa shape index (κ1) is 17.4. The Labute approximate surface area is 141 Å². The third-order valence-corrected chi connectivity index (χ3v) is 3.34. The van der Waals surface area contributed by atoms with E-state index in [1.54, 1.807) is 12.1 Å². The Bertz CT molecular complexity index is 644. The lowest BCUT2D eigenvalue weighted by Crippen LogP contribution is -2.09. The maximum atomic E-state index is 12.9. The minimum Gasteiger partial charge on any atom is -0.490 e. The second kappa shape index (κ2) is 8.06. The van der Waals surface area contributed by atoms with Crippen molar-refractivity contribution in [1.82, 2.24) is 0 Å². The molecule has 2 aromatic rings. The molecule has 0 unspecified atom stereocenters. The molecule has 1 N–H and O–H groups in total. The zero-order valence-corrected chi connectivity index (χ0v) is 14.3. The molecule has 0 saturated carbocycles. The van der Waals surface area contributed by atoms with Gasteiger partial charge in [0.1, 0.15) is 5.82 Å². The molecule has 0 aliphatic heterocycles. The van der Waals surface area contributed by atoms with Crippen molar-refractivity contribution >= 4 is 17.3 Å². The lowest BCUT2D eigenvalue weighted by molar-refractivity contribution is 0.224. The molecule has 0 aliphatic rings. The fourth-order valence-electron chi connectivity index (χ4n) is 2.11. The molecule has 124 valence electrons. The number of hydrogen-bond donors (Lipinski definition) is 1. The summed E-state index contributed by atoms with van der Waals surface area (Å²) >= 11 is 6.33. The predicted molar refractivity (Wildman–Crippen MR) is 92.1 cm³/mol. The van der Waals surface area contributed by atoms with Gasteiger partial charge in [0.15, 0.2) is 11.5 Å². The van der Waals surface area contributed by atoms with E-state index in [4.69, 9.17) is 21.1 Å². The van der Waals surface area contributed by atoms with Crippen molar-refractivity contribution in [2.24, 2.45) is 0 Å². The Balaban J connectivity index is 2.17. The summed E-state index contributed by atoms with van der Waals surface area (Å²) in [5.74, 6) is 0.936. The van der Waals surface area contributed by atoms with Gasteiger partial charge in [-0.15, -0.1) is 0 Å². The van der Waals surface area contributed by atoms with E-state index in [1.165, 1.54) is 12.1 Å². The van der Waals surface area contributed by atoms with Crippen molar-refractivity contribution in [3.63, 3.8) is 0 Å². The van der Waals surface area contributed by atoms with Crippen LogP contribution in [0.25, 0.3) is 0 Å². The third-order valence-electron chi connectivity index (χ3n) is 3.06. The van der Waals surface area contributed by atoms with E-state index in [0.29, 0.717) is 29.7 Å². The number of hydrogen-bond acceptors (Lipinski definition) is 3. The van der Waals surface area contributed by atoms with Gasteiger partial charge in [0, 0.05) is 12.2 Å². The Morgan fingerprint density at radius 2 is 1.87 bits per heavy atom. The van der Waals surface area contributed by atoms with E-state index in [2.05, 4.69) is 5.32 Å². The number of rotatable bonds is 7. The Hall–Kier alpha value is -1.94. The summed E-state index contributed by atoms with van der Waals surface area (Å²) in [6.07, 6.45) is 0.00916. The molecule has 5 heteroatoms. The van der Waals surface area contributed by atoms with Gasteiger partial charge in [-0.3, -0.25) is 0 Å². The molecule has 0 bridgehead atoms. The lowest BCUT2D eigenvalue weighted by atomic mass is 10.2. The SMILES string of the molecule is CCOc1cc(CNc2ccc(F)cc2)cc(Cl)c1OC(C)C. The molecule has 0 radical (unpaired) electrons. The predicted octanol–water partition coefficient (Wildman–Crippen LogP) is 5.28. The number of nitrogens with one attached hydrogen (secondary N) is 1. The minimum absolute atomic E-state index is 0.00916. The summed E-state index contributed by atoms with van der Waals surface area (Å²) in [5, 5.41) is 3.74. The van der Waals surface area contributed by atoms with Crippen molar-refractivity contribution < 1.29 is 13.9 Å². The van der Waals surface area contributed by atoms with E-state index >= 15 is 0 Å². The molecule has 0 heterocycles. The minimum atomic E-state index is -0.257. The van der Waals surface area contributed by atoms with Crippen LogP contribution in [0.2, 0.25) is 5.02 Å². The number of anilines is 1. The van der Waals surface area contributed by atoms with Gasteiger partial charge in [0.25, 0.3) is 0 Å². The zero-order valence-electron chi connectivity index (χ0n) is 13.5. The molecule has 0 aromatic heterocycles. The molecule has 0 atom stereocenters. The van der Waals surface area contributed by atoms with Gasteiger partial charge >= 0.3 is 0 Å². The van der Waals surface area contributed by atoms with Crippen LogP contribution in [0.3, 0.4) is 0 Å². The van der Waals surface area contributed by atoms with Crippen molar-refractivity contribution in [3.05, 3.63) is 52.8 Å². The summed E-state index contributed by atoms with van der Waals surface area (Å²) in [4.78, 5) is 0. The van der Waals surface area contributed by atoms with E-state index in [9.17, 15) is 4.39 Å². The topological polar surface area (TPSA) is 30.5 Å². The van der Waals surface area contributed by atoms with Gasteiger partial charge in [0.2, 0.25) is 0 Å². The van der Waals surface area contributed by atoms with Crippen molar-refractivity contribution in [2.45, 2.75) is 33.4 Å². The summed E-state index contributed by atoms with van der Waals surface area (Å²) in [7, 11) is 0. The van der Waals surface area contributed by atoms with Crippen LogP contribution in [-0.4, -0.2) is 12.7 Å². The zero-order chi connectivity index (χ0) is 16.8. The van der Waals surface area contributed by atoms with Crippen LogP contribution in [0, 0.1) is 5.82 Å². The lowest BCUT2D eigenvalue weighted by Gasteiger charge is -2.17. The molecule has 0 aliphatic carbocycles. The van der Waals surface area contributed by atoms with Crippen LogP contribution in [-0.2, 0) is 6.54 Å². The number of ether oxygens (including phenoxy) is 2. The highest BCUT2D eigenvalue weighted by Gasteiger charge is 2.14. The van der Waals surface area contributed by atoms with Crippen LogP contribution >= 0.6 is 11.6 Å². The highest BCUT2D eigenvalue weighted by Crippen LogP contribution is 2.37. The average Bonchev–Trinajstić information content (AvgIpc) is 2.50. The van der Waals surface area contributed by atoms with Crippen LogP contribution in [0.5, 0.6) is 11.5 Å². The van der Waals surface area contributed by atoms with Crippen LogP contribution in [0.15, 0.2) is 36.4 Å². The van der Waals surface area contributed by atoms with Crippen molar-refractivity contribution in [2.75, 3.05) is 11.9 Å². The Morgan fingerprint density at radius 1 is 1.17 bits per heavy atom. The molecule has 3 nitrogen and oxygen atoms in total. The van der Waals surface area contributed by atoms with Gasteiger partial charge in [-0.2, -0.15) is 0 Å². The second-order valence-electron chi connectivity index (χ2n) is 5.36. The molecule has 0 spiro atoms. The van der Waals surface area contributed by atoms with E-state index < -0.39 is 0 Å². The summed E-state index contributed by atoms with van der Waals surface area (Å²) < 4.78 is 24.3. The summed E-state index contributed by atoms with van der Waals surface area (Å²) in [5.41, 5.74) is 1.79. The molecule has 2 aromatic carbocycles. The monoisotopic (exact) mass is 337 g/mol. The largest absolute Gasteiger partial charge is 0.490 e. The first-order chi connectivity index (χ1) is 11.0. The molecular weight excluding hydrogens is 317 g/mol. The molecule has 2 rings (SSSR count). The number of halogens is 2. The third kappa shape index (κ3) is 5.03. The quantitative estimate of drug-likeness (QED) is 0.745. The van der Waals surface area contributed by atoms with E-state index in [1.807, 2.05) is 32.9 Å². The van der Waals surface area contributed by atoms with Gasteiger partial charge in [0.05, 0.1) is 17.7 Å². The number of benzene rings is 2. The molecular formula is C18H21ClFNO2. The first-order valence-corrected chi connectivity index (χ1v) is 7.98. The molecule has 0 fully saturated rings. The van der Waals surface area contributed by atoms with Gasteiger partial charge in [-0.05, 0) is 62.7 Å². The van der Waals surface area contributed by atoms with Gasteiger partial charge in [-0.1, -0.05) is 11.6 Å². The highest BCUT2D eigenvalue weighted by atomic mass is 35.5. The van der Waals surface area contributed by atoms with E-state index in [-0.39, 0.29) is 11.9 Å². The standard InChI is InChI=1S/C18H21ClFNO2/c1-4-22-17-10-13(9-16(19)18(17)23-12(2)3)11-21-15-7-5-14(20)6-8-15/h5-10,12,21H,4,11H2,1-3H3. The Morgan fingerprint density at radius 3 is 2.48 bits per heavy atom.